The van der Waals surface area contributed by atoms with Crippen LogP contribution in [-0.2, 0) is 10.9 Å². The first-order valence-corrected chi connectivity index (χ1v) is 7.27. The molecule has 0 nitrogen and oxygen atoms in total. The molecule has 0 heterocycles. The Hall–Kier alpha value is -0.430. The van der Waals surface area contributed by atoms with Crippen molar-refractivity contribution in [2.24, 2.45) is 0 Å². The quantitative estimate of drug-likeness (QED) is 0.650. The van der Waals surface area contributed by atoms with E-state index in [1.165, 1.54) is 32.1 Å². The van der Waals surface area contributed by atoms with Crippen LogP contribution in [0.2, 0.25) is 0 Å². The fourth-order valence-corrected chi connectivity index (χ4v) is 4.26. The Balaban J connectivity index is 2.03. The standard InChI is InChI=1S/C13H19S/c1-14(12-8-4-2-5-9-12)13-10-6-3-7-11-13/h2,4-5,8-9,13H,3,6-7,10-11H2,1H3/q+1. The van der Waals surface area contributed by atoms with Crippen LogP contribution in [0.15, 0.2) is 35.2 Å². The Morgan fingerprint density at radius 2 is 1.64 bits per heavy atom. The lowest BCUT2D eigenvalue weighted by molar-refractivity contribution is 0.513. The van der Waals surface area contributed by atoms with Gasteiger partial charge in [0, 0.05) is 10.9 Å². The first kappa shape index (κ1) is 10.1. The molecule has 14 heavy (non-hydrogen) atoms. The van der Waals surface area contributed by atoms with Gasteiger partial charge in [-0.15, -0.1) is 0 Å². The van der Waals surface area contributed by atoms with Gasteiger partial charge in [-0.3, -0.25) is 0 Å². The van der Waals surface area contributed by atoms with Crippen molar-refractivity contribution in [2.75, 3.05) is 6.26 Å². The molecule has 0 aliphatic heterocycles. The highest BCUT2D eigenvalue weighted by Crippen LogP contribution is 2.28. The number of hydrogen-bond acceptors (Lipinski definition) is 0. The lowest BCUT2D eigenvalue weighted by Crippen LogP contribution is -2.23. The van der Waals surface area contributed by atoms with Crippen molar-refractivity contribution < 1.29 is 0 Å². The summed E-state index contributed by atoms with van der Waals surface area (Å²) in [5.74, 6) is 0. The molecule has 1 saturated carbocycles. The van der Waals surface area contributed by atoms with Gasteiger partial charge in [-0.05, 0) is 37.8 Å². The van der Waals surface area contributed by atoms with Crippen LogP contribution < -0.4 is 0 Å². The maximum absolute atomic E-state index is 2.42. The first-order chi connectivity index (χ1) is 6.88. The Kier molecular flexibility index (Phi) is 3.52. The van der Waals surface area contributed by atoms with Crippen LogP contribution in [-0.4, -0.2) is 11.5 Å². The fourth-order valence-electron chi connectivity index (χ4n) is 2.25. The number of hydrogen-bond donors (Lipinski definition) is 0. The molecule has 0 saturated heterocycles. The normalized spacial score (nSPS) is 20.6. The summed E-state index contributed by atoms with van der Waals surface area (Å²) in [6.07, 6.45) is 9.69. The third kappa shape index (κ3) is 2.33. The van der Waals surface area contributed by atoms with E-state index in [4.69, 9.17) is 0 Å². The molecule has 0 spiro atoms. The van der Waals surface area contributed by atoms with E-state index < -0.39 is 0 Å². The molecule has 1 aliphatic carbocycles. The third-order valence-electron chi connectivity index (χ3n) is 3.17. The highest BCUT2D eigenvalue weighted by atomic mass is 32.2. The predicted molar refractivity (Wildman–Crippen MR) is 64.9 cm³/mol. The highest BCUT2D eigenvalue weighted by molar-refractivity contribution is 7.96. The largest absolute Gasteiger partial charge is 0.154 e. The SMILES string of the molecule is C[S+](c1ccccc1)C1CCCCC1. The Bertz CT molecular complexity index is 262. The Morgan fingerprint density at radius 3 is 2.29 bits per heavy atom. The van der Waals surface area contributed by atoms with Crippen LogP contribution in [0.3, 0.4) is 0 Å². The summed E-state index contributed by atoms with van der Waals surface area (Å²) in [7, 11) is 0.480. The molecule has 0 aromatic heterocycles. The summed E-state index contributed by atoms with van der Waals surface area (Å²) in [5.41, 5.74) is 0. The average Bonchev–Trinajstić information content (AvgIpc) is 2.30. The molecule has 0 bridgehead atoms. The van der Waals surface area contributed by atoms with Crippen LogP contribution >= 0.6 is 0 Å². The third-order valence-corrected chi connectivity index (χ3v) is 5.65. The molecule has 1 atom stereocenters. The van der Waals surface area contributed by atoms with Crippen molar-refractivity contribution in [2.45, 2.75) is 42.2 Å². The van der Waals surface area contributed by atoms with Gasteiger partial charge in [0.25, 0.3) is 0 Å². The lowest BCUT2D eigenvalue weighted by Gasteiger charge is -2.20. The maximum Gasteiger partial charge on any atom is 0.154 e. The van der Waals surface area contributed by atoms with E-state index in [0.29, 0.717) is 10.9 Å². The summed E-state index contributed by atoms with van der Waals surface area (Å²) in [6.45, 7) is 0. The van der Waals surface area contributed by atoms with E-state index in [1.807, 2.05) is 0 Å². The Labute approximate surface area is 90.1 Å². The fraction of sp³-hybridized carbons (Fsp3) is 0.538. The second-order valence-corrected chi connectivity index (χ2v) is 6.38. The molecule has 1 unspecified atom stereocenters. The Morgan fingerprint density at radius 1 is 1.00 bits per heavy atom. The van der Waals surface area contributed by atoms with Crippen LogP contribution in [0.25, 0.3) is 0 Å². The van der Waals surface area contributed by atoms with Crippen LogP contribution in [0.1, 0.15) is 32.1 Å². The van der Waals surface area contributed by atoms with Crippen LogP contribution in [0.5, 0.6) is 0 Å². The zero-order chi connectivity index (χ0) is 9.80. The van der Waals surface area contributed by atoms with E-state index in [0.717, 1.165) is 5.25 Å². The molecular formula is C13H19S+. The molecule has 76 valence electrons. The minimum atomic E-state index is 0.480. The summed E-state index contributed by atoms with van der Waals surface area (Å²) < 4.78 is 0. The van der Waals surface area contributed by atoms with Gasteiger partial charge in [0.2, 0.25) is 0 Å². The average molecular weight is 207 g/mol. The molecule has 0 radical (unpaired) electrons. The molecule has 0 N–H and O–H groups in total. The van der Waals surface area contributed by atoms with E-state index in [-0.39, 0.29) is 0 Å². The zero-order valence-corrected chi connectivity index (χ0v) is 9.72. The van der Waals surface area contributed by atoms with Crippen LogP contribution in [0, 0.1) is 0 Å². The van der Waals surface area contributed by atoms with E-state index in [9.17, 15) is 0 Å². The van der Waals surface area contributed by atoms with Gasteiger partial charge >= 0.3 is 0 Å². The van der Waals surface area contributed by atoms with Gasteiger partial charge in [0.1, 0.15) is 11.5 Å². The zero-order valence-electron chi connectivity index (χ0n) is 8.91. The van der Waals surface area contributed by atoms with Crippen molar-refractivity contribution in [3.05, 3.63) is 30.3 Å². The van der Waals surface area contributed by atoms with Gasteiger partial charge in [0.05, 0.1) is 0 Å². The monoisotopic (exact) mass is 207 g/mol. The second kappa shape index (κ2) is 4.88. The van der Waals surface area contributed by atoms with Crippen molar-refractivity contribution in [3.8, 4) is 0 Å². The minimum absolute atomic E-state index is 0.480. The van der Waals surface area contributed by atoms with E-state index in [1.54, 1.807) is 4.90 Å². The molecule has 1 aromatic rings. The molecule has 1 fully saturated rings. The second-order valence-electron chi connectivity index (χ2n) is 4.13. The smallest absolute Gasteiger partial charge is 0.0619 e. The van der Waals surface area contributed by atoms with Crippen molar-refractivity contribution in [1.82, 2.24) is 0 Å². The van der Waals surface area contributed by atoms with Crippen molar-refractivity contribution in [3.63, 3.8) is 0 Å². The van der Waals surface area contributed by atoms with Crippen molar-refractivity contribution in [1.29, 1.82) is 0 Å². The first-order valence-electron chi connectivity index (χ1n) is 5.58. The number of rotatable bonds is 2. The van der Waals surface area contributed by atoms with Gasteiger partial charge in [-0.2, -0.15) is 0 Å². The van der Waals surface area contributed by atoms with Crippen molar-refractivity contribution >= 4 is 10.9 Å². The summed E-state index contributed by atoms with van der Waals surface area (Å²) in [6, 6.07) is 11.0. The molecule has 1 aliphatic rings. The summed E-state index contributed by atoms with van der Waals surface area (Å²) in [5, 5.41) is 0.964. The molecule has 1 aromatic carbocycles. The predicted octanol–water partition coefficient (Wildman–Crippen LogP) is 3.63. The van der Waals surface area contributed by atoms with E-state index >= 15 is 0 Å². The topological polar surface area (TPSA) is 0 Å². The van der Waals surface area contributed by atoms with Gasteiger partial charge < -0.3 is 0 Å². The van der Waals surface area contributed by atoms with Gasteiger partial charge in [-0.1, -0.05) is 24.6 Å². The molecule has 0 amide bonds. The molecule has 1 heteroatoms. The number of benzene rings is 1. The lowest BCUT2D eigenvalue weighted by atomic mass is 10.0. The molecular weight excluding hydrogens is 188 g/mol. The minimum Gasteiger partial charge on any atom is -0.0619 e. The highest BCUT2D eigenvalue weighted by Gasteiger charge is 2.29. The summed E-state index contributed by atoms with van der Waals surface area (Å²) >= 11 is 0. The van der Waals surface area contributed by atoms with Crippen LogP contribution in [0.4, 0.5) is 0 Å². The van der Waals surface area contributed by atoms with Gasteiger partial charge in [0.15, 0.2) is 4.90 Å². The maximum atomic E-state index is 2.42. The molecule has 2 rings (SSSR count). The van der Waals surface area contributed by atoms with Gasteiger partial charge in [-0.25, -0.2) is 0 Å². The summed E-state index contributed by atoms with van der Waals surface area (Å²) in [4.78, 5) is 1.56. The van der Waals surface area contributed by atoms with E-state index in [2.05, 4.69) is 36.6 Å².